The first-order chi connectivity index (χ1) is 13.4. The van der Waals surface area contributed by atoms with Gasteiger partial charge < -0.3 is 4.74 Å². The molecule has 3 heteroatoms. The number of benzene rings is 3. The van der Waals surface area contributed by atoms with Gasteiger partial charge in [0.1, 0.15) is 0 Å². The van der Waals surface area contributed by atoms with Crippen molar-refractivity contribution in [2.24, 2.45) is 0 Å². The minimum atomic E-state index is -0.990. The highest BCUT2D eigenvalue weighted by Gasteiger charge is 2.27. The van der Waals surface area contributed by atoms with Crippen LogP contribution >= 0.6 is 0 Å². The third-order valence-corrected chi connectivity index (χ3v) is 5.00. The van der Waals surface area contributed by atoms with Crippen LogP contribution in [0.4, 0.5) is 0 Å². The first-order valence-electron chi connectivity index (χ1n) is 9.31. The van der Waals surface area contributed by atoms with Crippen molar-refractivity contribution in [2.75, 3.05) is 0 Å². The normalized spacial score (nSPS) is 11.7. The maximum Gasteiger partial charge on any atom is 0.339 e. The second kappa shape index (κ2) is 8.22. The van der Waals surface area contributed by atoms with Crippen LogP contribution in [-0.2, 0) is 4.74 Å². The van der Waals surface area contributed by atoms with Gasteiger partial charge in [-0.25, -0.2) is 4.79 Å². The van der Waals surface area contributed by atoms with Crippen molar-refractivity contribution >= 4 is 11.8 Å². The molecule has 0 radical (unpaired) electrons. The van der Waals surface area contributed by atoms with Crippen LogP contribution in [0.25, 0.3) is 0 Å². The number of rotatable bonds is 5. The van der Waals surface area contributed by atoms with E-state index in [9.17, 15) is 9.59 Å². The van der Waals surface area contributed by atoms with Gasteiger partial charge in [-0.15, -0.1) is 0 Å². The summed E-state index contributed by atoms with van der Waals surface area (Å²) in [6.07, 6.45) is -0.990. The minimum Gasteiger partial charge on any atom is -0.445 e. The van der Waals surface area contributed by atoms with Crippen molar-refractivity contribution in [1.82, 2.24) is 0 Å². The molecule has 0 N–H and O–H groups in total. The molecule has 0 bridgehead atoms. The molecule has 0 saturated carbocycles. The molecule has 0 saturated heterocycles. The second-order valence-corrected chi connectivity index (χ2v) is 7.17. The SMILES string of the molecule is Cc1ccc(C(=O)[C@@H](OC(=O)c2cccc(C)c2C)c2ccc(C)cc2)cc1. The summed E-state index contributed by atoms with van der Waals surface area (Å²) in [7, 11) is 0. The molecule has 0 unspecified atom stereocenters. The van der Waals surface area contributed by atoms with E-state index in [0.29, 0.717) is 16.7 Å². The van der Waals surface area contributed by atoms with Gasteiger partial charge in [-0.3, -0.25) is 4.79 Å². The van der Waals surface area contributed by atoms with Gasteiger partial charge in [-0.2, -0.15) is 0 Å². The number of ketones is 1. The maximum atomic E-state index is 13.2. The van der Waals surface area contributed by atoms with Crippen molar-refractivity contribution < 1.29 is 14.3 Å². The average molecular weight is 372 g/mol. The Labute approximate surface area is 166 Å². The molecular formula is C25H24O3. The van der Waals surface area contributed by atoms with Crippen LogP contribution in [0.1, 0.15) is 54.6 Å². The van der Waals surface area contributed by atoms with E-state index in [2.05, 4.69) is 0 Å². The highest BCUT2D eigenvalue weighted by Crippen LogP contribution is 2.26. The molecule has 0 aliphatic carbocycles. The van der Waals surface area contributed by atoms with Gasteiger partial charge >= 0.3 is 5.97 Å². The average Bonchev–Trinajstić information content (AvgIpc) is 2.69. The van der Waals surface area contributed by atoms with Crippen LogP contribution < -0.4 is 0 Å². The summed E-state index contributed by atoms with van der Waals surface area (Å²) >= 11 is 0. The van der Waals surface area contributed by atoms with Crippen LogP contribution in [0.2, 0.25) is 0 Å². The van der Waals surface area contributed by atoms with E-state index in [-0.39, 0.29) is 5.78 Å². The standard InChI is InChI=1S/C25H24O3/c1-16-8-12-20(13-9-16)23(26)24(21-14-10-17(2)11-15-21)28-25(27)22-7-5-6-18(3)19(22)4/h5-15,24H,1-4H3/t24-/m0/s1. The van der Waals surface area contributed by atoms with Gasteiger partial charge in [0.2, 0.25) is 5.78 Å². The van der Waals surface area contributed by atoms with E-state index >= 15 is 0 Å². The molecule has 0 aliphatic heterocycles. The molecule has 1 atom stereocenters. The lowest BCUT2D eigenvalue weighted by Gasteiger charge is -2.19. The molecule has 0 aliphatic rings. The molecule has 3 aromatic rings. The lowest BCUT2D eigenvalue weighted by molar-refractivity contribution is 0.0279. The van der Waals surface area contributed by atoms with Gasteiger partial charge in [-0.1, -0.05) is 71.8 Å². The first-order valence-corrected chi connectivity index (χ1v) is 9.31. The molecule has 0 spiro atoms. The summed E-state index contributed by atoms with van der Waals surface area (Å²) in [5, 5.41) is 0. The first kappa shape index (κ1) is 19.6. The fourth-order valence-electron chi connectivity index (χ4n) is 3.03. The zero-order valence-electron chi connectivity index (χ0n) is 16.7. The molecule has 0 amide bonds. The topological polar surface area (TPSA) is 43.4 Å². The van der Waals surface area contributed by atoms with Gasteiger partial charge in [0.15, 0.2) is 6.10 Å². The van der Waals surface area contributed by atoms with Crippen LogP contribution in [0.3, 0.4) is 0 Å². The summed E-state index contributed by atoms with van der Waals surface area (Å²) in [4.78, 5) is 26.1. The van der Waals surface area contributed by atoms with Gasteiger partial charge in [0.05, 0.1) is 5.56 Å². The molecule has 3 aromatic carbocycles. The number of carbonyl (C=O) groups is 2. The summed E-state index contributed by atoms with van der Waals surface area (Å²) in [6, 6.07) is 20.3. The number of esters is 1. The number of hydrogen-bond donors (Lipinski definition) is 0. The Balaban J connectivity index is 1.97. The van der Waals surface area contributed by atoms with Gasteiger partial charge in [-0.05, 0) is 44.9 Å². The Morgan fingerprint density at radius 3 is 1.93 bits per heavy atom. The fourth-order valence-corrected chi connectivity index (χ4v) is 3.03. The van der Waals surface area contributed by atoms with Crippen LogP contribution in [0.15, 0.2) is 66.7 Å². The Morgan fingerprint density at radius 2 is 1.32 bits per heavy atom. The van der Waals surface area contributed by atoms with Crippen LogP contribution in [0.5, 0.6) is 0 Å². The lowest BCUT2D eigenvalue weighted by Crippen LogP contribution is -2.21. The number of ether oxygens (including phenoxy) is 1. The summed E-state index contributed by atoms with van der Waals surface area (Å²) in [5.74, 6) is -0.727. The molecule has 3 nitrogen and oxygen atoms in total. The molecule has 3 rings (SSSR count). The van der Waals surface area contributed by atoms with E-state index < -0.39 is 12.1 Å². The molecule has 28 heavy (non-hydrogen) atoms. The van der Waals surface area contributed by atoms with Crippen molar-refractivity contribution in [1.29, 1.82) is 0 Å². The largest absolute Gasteiger partial charge is 0.445 e. The summed E-state index contributed by atoms with van der Waals surface area (Å²) < 4.78 is 5.76. The summed E-state index contributed by atoms with van der Waals surface area (Å²) in [5.41, 5.74) is 5.67. The van der Waals surface area contributed by atoms with E-state index in [0.717, 1.165) is 22.3 Å². The molecule has 0 aromatic heterocycles. The van der Waals surface area contributed by atoms with Crippen molar-refractivity contribution in [3.63, 3.8) is 0 Å². The van der Waals surface area contributed by atoms with Gasteiger partial charge in [0, 0.05) is 11.1 Å². The van der Waals surface area contributed by atoms with E-state index in [1.807, 2.05) is 76.2 Å². The van der Waals surface area contributed by atoms with Crippen LogP contribution in [0, 0.1) is 27.7 Å². The highest BCUT2D eigenvalue weighted by molar-refractivity contribution is 6.02. The third kappa shape index (κ3) is 4.20. The molecule has 142 valence electrons. The molecular weight excluding hydrogens is 348 g/mol. The zero-order chi connectivity index (χ0) is 20.3. The number of carbonyl (C=O) groups excluding carboxylic acids is 2. The molecule has 0 heterocycles. The Morgan fingerprint density at radius 1 is 0.750 bits per heavy atom. The Hall–Kier alpha value is -3.20. The summed E-state index contributed by atoms with van der Waals surface area (Å²) in [6.45, 7) is 7.77. The van der Waals surface area contributed by atoms with Crippen molar-refractivity contribution in [3.05, 3.63) is 106 Å². The predicted molar refractivity (Wildman–Crippen MR) is 111 cm³/mol. The lowest BCUT2D eigenvalue weighted by atomic mass is 9.98. The van der Waals surface area contributed by atoms with E-state index in [4.69, 9.17) is 4.74 Å². The van der Waals surface area contributed by atoms with Crippen molar-refractivity contribution in [3.8, 4) is 0 Å². The number of hydrogen-bond acceptors (Lipinski definition) is 3. The Kier molecular flexibility index (Phi) is 5.74. The highest BCUT2D eigenvalue weighted by atomic mass is 16.5. The second-order valence-electron chi connectivity index (χ2n) is 7.17. The Bertz CT molecular complexity index is 999. The van der Waals surface area contributed by atoms with E-state index in [1.54, 1.807) is 18.2 Å². The quantitative estimate of drug-likeness (QED) is 0.426. The van der Waals surface area contributed by atoms with E-state index in [1.165, 1.54) is 0 Å². The minimum absolute atomic E-state index is 0.234. The number of aryl methyl sites for hydroxylation is 3. The third-order valence-electron chi connectivity index (χ3n) is 5.00. The number of Topliss-reactive ketones (excluding diaryl/α,β-unsaturated/α-hetero) is 1. The predicted octanol–water partition coefficient (Wildman–Crippen LogP) is 5.70. The van der Waals surface area contributed by atoms with Gasteiger partial charge in [0.25, 0.3) is 0 Å². The monoisotopic (exact) mass is 372 g/mol. The zero-order valence-corrected chi connectivity index (χ0v) is 16.7. The molecule has 0 fully saturated rings. The van der Waals surface area contributed by atoms with Crippen LogP contribution in [-0.4, -0.2) is 11.8 Å². The fraction of sp³-hybridized carbons (Fsp3) is 0.200. The smallest absolute Gasteiger partial charge is 0.339 e. The van der Waals surface area contributed by atoms with Crippen molar-refractivity contribution in [2.45, 2.75) is 33.8 Å². The maximum absolute atomic E-state index is 13.2.